The summed E-state index contributed by atoms with van der Waals surface area (Å²) in [6.07, 6.45) is 2.73. The van der Waals surface area contributed by atoms with E-state index in [0.717, 1.165) is 36.4 Å². The second-order valence-electron chi connectivity index (χ2n) is 8.66. The highest BCUT2D eigenvalue weighted by Gasteiger charge is 2.25. The fourth-order valence-electron chi connectivity index (χ4n) is 4.51. The van der Waals surface area contributed by atoms with Gasteiger partial charge in [-0.2, -0.15) is 5.10 Å². The van der Waals surface area contributed by atoms with Gasteiger partial charge in [-0.1, -0.05) is 30.3 Å². The lowest BCUT2D eigenvalue weighted by Crippen LogP contribution is -2.31. The number of halogens is 1. The molecule has 1 unspecified atom stereocenters. The molecular formula is C28H27FN4O2. The van der Waals surface area contributed by atoms with Crippen LogP contribution in [0.15, 0.2) is 85.1 Å². The molecule has 6 nitrogen and oxygen atoms in total. The Labute approximate surface area is 204 Å². The fourth-order valence-corrected chi connectivity index (χ4v) is 4.51. The van der Waals surface area contributed by atoms with E-state index in [0.29, 0.717) is 29.5 Å². The number of ether oxygens (including phenoxy) is 1. The van der Waals surface area contributed by atoms with Crippen LogP contribution in [0.25, 0.3) is 16.9 Å². The molecule has 7 heteroatoms. The number of para-hydroxylation sites is 2. The van der Waals surface area contributed by atoms with Crippen molar-refractivity contribution in [2.24, 2.45) is 5.92 Å². The van der Waals surface area contributed by atoms with E-state index in [4.69, 9.17) is 9.84 Å². The average Bonchev–Trinajstić information content (AvgIpc) is 3.56. The first kappa shape index (κ1) is 22.7. The Hall–Kier alpha value is -4.13. The number of carbonyl (C=O) groups is 1. The summed E-state index contributed by atoms with van der Waals surface area (Å²) in [5.41, 5.74) is 3.70. The van der Waals surface area contributed by atoms with Crippen LogP contribution >= 0.6 is 0 Å². The van der Waals surface area contributed by atoms with E-state index >= 15 is 0 Å². The van der Waals surface area contributed by atoms with Crippen molar-refractivity contribution in [1.82, 2.24) is 15.1 Å². The van der Waals surface area contributed by atoms with Gasteiger partial charge < -0.3 is 15.0 Å². The van der Waals surface area contributed by atoms with E-state index in [-0.39, 0.29) is 11.7 Å². The van der Waals surface area contributed by atoms with E-state index < -0.39 is 0 Å². The number of anilines is 1. The lowest BCUT2D eigenvalue weighted by atomic mass is 10.1. The molecule has 0 saturated carbocycles. The highest BCUT2D eigenvalue weighted by atomic mass is 19.1. The first-order valence-electron chi connectivity index (χ1n) is 11.7. The third-order valence-corrected chi connectivity index (χ3v) is 6.37. The van der Waals surface area contributed by atoms with Crippen molar-refractivity contribution in [3.63, 3.8) is 0 Å². The zero-order chi connectivity index (χ0) is 24.2. The predicted molar refractivity (Wildman–Crippen MR) is 135 cm³/mol. The van der Waals surface area contributed by atoms with E-state index in [1.165, 1.54) is 12.1 Å². The summed E-state index contributed by atoms with van der Waals surface area (Å²) in [6, 6.07) is 23.8. The number of nitrogens with one attached hydrogen (secondary N) is 1. The van der Waals surface area contributed by atoms with Crippen molar-refractivity contribution in [2.75, 3.05) is 31.6 Å². The Morgan fingerprint density at radius 2 is 1.77 bits per heavy atom. The lowest BCUT2D eigenvalue weighted by Gasteiger charge is -2.18. The van der Waals surface area contributed by atoms with Crippen LogP contribution in [-0.2, 0) is 0 Å². The molecule has 3 aromatic carbocycles. The number of benzene rings is 3. The second-order valence-corrected chi connectivity index (χ2v) is 8.66. The van der Waals surface area contributed by atoms with Crippen molar-refractivity contribution in [3.8, 4) is 22.7 Å². The van der Waals surface area contributed by atoms with Crippen LogP contribution in [0, 0.1) is 11.7 Å². The summed E-state index contributed by atoms with van der Waals surface area (Å²) in [7, 11) is 1.61. The molecule has 1 aromatic heterocycles. The summed E-state index contributed by atoms with van der Waals surface area (Å²) in [5.74, 6) is 0.556. The van der Waals surface area contributed by atoms with Gasteiger partial charge in [-0.25, -0.2) is 9.07 Å². The maximum Gasteiger partial charge on any atom is 0.255 e. The zero-order valence-corrected chi connectivity index (χ0v) is 19.5. The quantitative estimate of drug-likeness (QED) is 0.416. The Kier molecular flexibility index (Phi) is 6.48. The van der Waals surface area contributed by atoms with Crippen molar-refractivity contribution in [2.45, 2.75) is 6.42 Å². The Balaban J connectivity index is 1.35. The molecule has 0 radical (unpaired) electrons. The smallest absolute Gasteiger partial charge is 0.255 e. The molecule has 4 aromatic rings. The molecule has 5 rings (SSSR count). The van der Waals surface area contributed by atoms with Crippen LogP contribution in [0.2, 0.25) is 0 Å². The van der Waals surface area contributed by atoms with Gasteiger partial charge in [0.1, 0.15) is 17.3 Å². The minimum absolute atomic E-state index is 0.173. The highest BCUT2D eigenvalue weighted by molar-refractivity contribution is 6.00. The van der Waals surface area contributed by atoms with Gasteiger partial charge in [0.15, 0.2) is 0 Å². The van der Waals surface area contributed by atoms with Crippen LogP contribution in [0.1, 0.15) is 16.8 Å². The van der Waals surface area contributed by atoms with Crippen molar-refractivity contribution < 1.29 is 13.9 Å². The monoisotopic (exact) mass is 470 g/mol. The molecule has 178 valence electrons. The minimum Gasteiger partial charge on any atom is -0.496 e. The molecule has 1 aliphatic heterocycles. The van der Waals surface area contributed by atoms with Crippen molar-refractivity contribution in [1.29, 1.82) is 0 Å². The zero-order valence-electron chi connectivity index (χ0n) is 19.5. The molecule has 0 aliphatic carbocycles. The van der Waals surface area contributed by atoms with E-state index in [9.17, 15) is 9.18 Å². The van der Waals surface area contributed by atoms with Gasteiger partial charge in [0.05, 0.1) is 18.4 Å². The highest BCUT2D eigenvalue weighted by Crippen LogP contribution is 2.32. The minimum atomic E-state index is -0.237. The molecule has 35 heavy (non-hydrogen) atoms. The molecule has 1 aliphatic rings. The standard InChI is InChI=1S/C28H27FN4O2/c1-35-26-10-6-5-9-24(26)27-25(19-33(31-27)23-7-3-2-4-8-23)28(34)30-17-20-15-16-32(18-20)22-13-11-21(29)12-14-22/h2-14,19-20H,15-18H2,1H3,(H,30,34). The molecule has 1 N–H and O–H groups in total. The second kappa shape index (κ2) is 10.0. The predicted octanol–water partition coefficient (Wildman–Crippen LogP) is 4.94. The van der Waals surface area contributed by atoms with Gasteiger partial charge in [0.2, 0.25) is 0 Å². The molecule has 0 bridgehead atoms. The number of methoxy groups -OCH3 is 1. The van der Waals surface area contributed by atoms with E-state index in [1.54, 1.807) is 30.1 Å². The van der Waals surface area contributed by atoms with E-state index in [1.807, 2.05) is 54.6 Å². The molecule has 1 fully saturated rings. The van der Waals surface area contributed by atoms with Crippen molar-refractivity contribution >= 4 is 11.6 Å². The van der Waals surface area contributed by atoms with Gasteiger partial charge in [0.25, 0.3) is 5.91 Å². The number of amides is 1. The number of hydrogen-bond donors (Lipinski definition) is 1. The van der Waals surface area contributed by atoms with E-state index in [2.05, 4.69) is 10.2 Å². The number of carbonyl (C=O) groups excluding carboxylic acids is 1. The first-order valence-corrected chi connectivity index (χ1v) is 11.7. The maximum absolute atomic E-state index is 13.4. The number of hydrogen-bond acceptors (Lipinski definition) is 4. The summed E-state index contributed by atoms with van der Waals surface area (Å²) in [4.78, 5) is 15.6. The third-order valence-electron chi connectivity index (χ3n) is 6.37. The number of aromatic nitrogens is 2. The SMILES string of the molecule is COc1ccccc1-c1nn(-c2ccccc2)cc1C(=O)NCC1CCN(c2ccc(F)cc2)C1. The van der Waals surface area contributed by atoms with Crippen LogP contribution in [0.5, 0.6) is 5.75 Å². The number of rotatable bonds is 7. The normalized spacial score (nSPS) is 15.3. The van der Waals surface area contributed by atoms with Gasteiger partial charge >= 0.3 is 0 Å². The number of nitrogens with zero attached hydrogens (tertiary/aromatic N) is 3. The molecule has 1 amide bonds. The topological polar surface area (TPSA) is 59.4 Å². The Morgan fingerprint density at radius 1 is 1.03 bits per heavy atom. The molecule has 1 saturated heterocycles. The van der Waals surface area contributed by atoms with Crippen LogP contribution < -0.4 is 15.0 Å². The molecule has 2 heterocycles. The fraction of sp³-hybridized carbons (Fsp3) is 0.214. The summed E-state index contributed by atoms with van der Waals surface area (Å²) < 4.78 is 20.5. The van der Waals surface area contributed by atoms with Gasteiger partial charge in [0, 0.05) is 37.1 Å². The Morgan fingerprint density at radius 3 is 2.54 bits per heavy atom. The first-order chi connectivity index (χ1) is 17.1. The van der Waals surface area contributed by atoms with Crippen LogP contribution in [0.4, 0.5) is 10.1 Å². The van der Waals surface area contributed by atoms with Gasteiger partial charge in [-0.05, 0) is 60.9 Å². The van der Waals surface area contributed by atoms with Crippen LogP contribution in [0.3, 0.4) is 0 Å². The summed E-state index contributed by atoms with van der Waals surface area (Å²) in [6.45, 7) is 2.25. The van der Waals surface area contributed by atoms with Crippen LogP contribution in [-0.4, -0.2) is 42.4 Å². The van der Waals surface area contributed by atoms with Gasteiger partial charge in [-0.3, -0.25) is 4.79 Å². The Bertz CT molecular complexity index is 1300. The summed E-state index contributed by atoms with van der Waals surface area (Å²) >= 11 is 0. The third kappa shape index (κ3) is 4.89. The van der Waals surface area contributed by atoms with Gasteiger partial charge in [-0.15, -0.1) is 0 Å². The maximum atomic E-state index is 13.4. The molecule has 1 atom stereocenters. The summed E-state index contributed by atoms with van der Waals surface area (Å²) in [5, 5.41) is 7.87. The van der Waals surface area contributed by atoms with Crippen molar-refractivity contribution in [3.05, 3.63) is 96.4 Å². The largest absolute Gasteiger partial charge is 0.496 e. The lowest BCUT2D eigenvalue weighted by molar-refractivity contribution is 0.0949. The molecule has 0 spiro atoms. The average molecular weight is 471 g/mol. The molecular weight excluding hydrogens is 443 g/mol.